The minimum Gasteiger partial charge on any atom is -0.478 e. The normalized spacial score (nSPS) is 20.3. The highest BCUT2D eigenvalue weighted by atomic mass is 16.5. The SMILES string of the molecule is O=C(O)c1ccc(C=CC(=O)N2CCOC3(CCCC3)C2)cc1. The fourth-order valence-corrected chi connectivity index (χ4v) is 3.36. The Balaban J connectivity index is 1.62. The van der Waals surface area contributed by atoms with Gasteiger partial charge in [0, 0.05) is 12.6 Å². The number of carbonyl (C=O) groups excluding carboxylic acids is 1. The van der Waals surface area contributed by atoms with Gasteiger partial charge >= 0.3 is 5.97 Å². The van der Waals surface area contributed by atoms with Crippen molar-refractivity contribution in [2.24, 2.45) is 0 Å². The summed E-state index contributed by atoms with van der Waals surface area (Å²) in [5, 5.41) is 8.87. The summed E-state index contributed by atoms with van der Waals surface area (Å²) in [5.41, 5.74) is 0.933. The largest absolute Gasteiger partial charge is 0.478 e. The summed E-state index contributed by atoms with van der Waals surface area (Å²) in [7, 11) is 0. The third-order valence-corrected chi connectivity index (χ3v) is 4.65. The molecule has 1 saturated carbocycles. The molecule has 1 aliphatic heterocycles. The predicted molar refractivity (Wildman–Crippen MR) is 86.2 cm³/mol. The van der Waals surface area contributed by atoms with E-state index in [0.29, 0.717) is 19.7 Å². The number of hydrogen-bond acceptors (Lipinski definition) is 3. The van der Waals surface area contributed by atoms with Gasteiger partial charge in [-0.3, -0.25) is 4.79 Å². The second-order valence-corrected chi connectivity index (χ2v) is 6.26. The zero-order valence-electron chi connectivity index (χ0n) is 13.0. The molecule has 0 atom stereocenters. The Morgan fingerprint density at radius 2 is 1.87 bits per heavy atom. The highest BCUT2D eigenvalue weighted by Gasteiger charge is 2.40. The number of hydrogen-bond donors (Lipinski definition) is 1. The lowest BCUT2D eigenvalue weighted by Gasteiger charge is -2.40. The molecule has 3 rings (SSSR count). The molecule has 1 N–H and O–H groups in total. The van der Waals surface area contributed by atoms with Gasteiger partial charge in [-0.2, -0.15) is 0 Å². The van der Waals surface area contributed by atoms with E-state index in [1.807, 2.05) is 4.90 Å². The zero-order chi connectivity index (χ0) is 16.3. The second-order valence-electron chi connectivity index (χ2n) is 6.26. The van der Waals surface area contributed by atoms with E-state index >= 15 is 0 Å². The molecule has 2 fully saturated rings. The van der Waals surface area contributed by atoms with E-state index in [4.69, 9.17) is 9.84 Å². The van der Waals surface area contributed by atoms with Crippen LogP contribution in [0.3, 0.4) is 0 Å². The van der Waals surface area contributed by atoms with Crippen LogP contribution in [-0.2, 0) is 9.53 Å². The molecule has 1 spiro atoms. The van der Waals surface area contributed by atoms with E-state index in [0.717, 1.165) is 18.4 Å². The van der Waals surface area contributed by atoms with Crippen molar-refractivity contribution in [3.8, 4) is 0 Å². The van der Waals surface area contributed by atoms with Gasteiger partial charge in [-0.05, 0) is 36.6 Å². The van der Waals surface area contributed by atoms with Crippen molar-refractivity contribution in [1.29, 1.82) is 0 Å². The predicted octanol–water partition coefficient (Wildman–Crippen LogP) is 2.57. The number of aromatic carboxylic acids is 1. The van der Waals surface area contributed by atoms with Crippen molar-refractivity contribution in [2.45, 2.75) is 31.3 Å². The monoisotopic (exact) mass is 315 g/mol. The summed E-state index contributed by atoms with van der Waals surface area (Å²) < 4.78 is 5.93. The average Bonchev–Trinajstić information content (AvgIpc) is 3.00. The Labute approximate surface area is 135 Å². The first-order valence-corrected chi connectivity index (χ1v) is 8.02. The second kappa shape index (κ2) is 6.54. The van der Waals surface area contributed by atoms with Gasteiger partial charge in [-0.1, -0.05) is 25.0 Å². The average molecular weight is 315 g/mol. The van der Waals surface area contributed by atoms with E-state index in [9.17, 15) is 9.59 Å². The van der Waals surface area contributed by atoms with Gasteiger partial charge in [0.25, 0.3) is 0 Å². The standard InChI is InChI=1S/C18H21NO4/c20-16(8-5-14-3-6-15(7-4-14)17(21)22)19-11-12-23-18(13-19)9-1-2-10-18/h3-8H,1-2,9-13H2,(H,21,22). The van der Waals surface area contributed by atoms with E-state index in [1.54, 1.807) is 24.3 Å². The number of nitrogens with zero attached hydrogens (tertiary/aromatic N) is 1. The molecule has 0 unspecified atom stereocenters. The summed E-state index contributed by atoms with van der Waals surface area (Å²) in [4.78, 5) is 25.1. The molecule has 1 aromatic rings. The van der Waals surface area contributed by atoms with Gasteiger partial charge < -0.3 is 14.7 Å². The van der Waals surface area contributed by atoms with Crippen LogP contribution in [0.25, 0.3) is 6.08 Å². The van der Waals surface area contributed by atoms with Crippen LogP contribution in [-0.4, -0.2) is 47.2 Å². The van der Waals surface area contributed by atoms with Crippen LogP contribution < -0.4 is 0 Å². The maximum absolute atomic E-state index is 12.4. The molecule has 122 valence electrons. The number of rotatable bonds is 3. The van der Waals surface area contributed by atoms with Gasteiger partial charge in [0.1, 0.15) is 0 Å². The van der Waals surface area contributed by atoms with Crippen LogP contribution in [0.5, 0.6) is 0 Å². The molecule has 1 saturated heterocycles. The van der Waals surface area contributed by atoms with Crippen LogP contribution in [0.15, 0.2) is 30.3 Å². The van der Waals surface area contributed by atoms with Crippen LogP contribution in [0.1, 0.15) is 41.6 Å². The van der Waals surface area contributed by atoms with Gasteiger partial charge in [0.2, 0.25) is 5.91 Å². The summed E-state index contributed by atoms with van der Waals surface area (Å²) in [5.74, 6) is -0.964. The molecule has 1 amide bonds. The number of carboxylic acids is 1. The molecule has 23 heavy (non-hydrogen) atoms. The van der Waals surface area contributed by atoms with Crippen molar-refractivity contribution < 1.29 is 19.4 Å². The third kappa shape index (κ3) is 3.62. The van der Waals surface area contributed by atoms with Crippen molar-refractivity contribution in [2.75, 3.05) is 19.7 Å². The summed E-state index contributed by atoms with van der Waals surface area (Å²) in [6.45, 7) is 1.91. The van der Waals surface area contributed by atoms with Crippen LogP contribution >= 0.6 is 0 Å². The number of amides is 1. The van der Waals surface area contributed by atoms with Crippen molar-refractivity contribution in [1.82, 2.24) is 4.90 Å². The van der Waals surface area contributed by atoms with Gasteiger partial charge in [0.05, 0.1) is 24.3 Å². The smallest absolute Gasteiger partial charge is 0.335 e. The summed E-state index contributed by atoms with van der Waals surface area (Å²) >= 11 is 0. The van der Waals surface area contributed by atoms with Crippen LogP contribution in [0.4, 0.5) is 0 Å². The highest BCUT2D eigenvalue weighted by molar-refractivity contribution is 5.92. The fraction of sp³-hybridized carbons (Fsp3) is 0.444. The molecule has 0 bridgehead atoms. The number of benzene rings is 1. The molecule has 5 heteroatoms. The Morgan fingerprint density at radius 1 is 1.17 bits per heavy atom. The maximum Gasteiger partial charge on any atom is 0.335 e. The van der Waals surface area contributed by atoms with Crippen LogP contribution in [0, 0.1) is 0 Å². The number of carbonyl (C=O) groups is 2. The summed E-state index contributed by atoms with van der Waals surface area (Å²) in [6.07, 6.45) is 7.71. The molecular weight excluding hydrogens is 294 g/mol. The summed E-state index contributed by atoms with van der Waals surface area (Å²) in [6, 6.07) is 6.47. The topological polar surface area (TPSA) is 66.8 Å². The van der Waals surface area contributed by atoms with E-state index in [2.05, 4.69) is 0 Å². The Kier molecular flexibility index (Phi) is 4.48. The van der Waals surface area contributed by atoms with Crippen molar-refractivity contribution >= 4 is 18.0 Å². The lowest BCUT2D eigenvalue weighted by Crippen LogP contribution is -2.51. The van der Waals surface area contributed by atoms with E-state index < -0.39 is 5.97 Å². The lowest BCUT2D eigenvalue weighted by molar-refractivity contribution is -0.144. The minimum atomic E-state index is -0.952. The fourth-order valence-electron chi connectivity index (χ4n) is 3.36. The molecule has 0 radical (unpaired) electrons. The first-order chi connectivity index (χ1) is 11.1. The van der Waals surface area contributed by atoms with Crippen molar-refractivity contribution in [3.63, 3.8) is 0 Å². The molecule has 5 nitrogen and oxygen atoms in total. The lowest BCUT2D eigenvalue weighted by atomic mass is 9.99. The zero-order valence-corrected chi connectivity index (χ0v) is 13.0. The number of carboxylic acid groups (broad SMARTS) is 1. The molecule has 1 aromatic carbocycles. The van der Waals surface area contributed by atoms with E-state index in [-0.39, 0.29) is 17.1 Å². The third-order valence-electron chi connectivity index (χ3n) is 4.65. The van der Waals surface area contributed by atoms with E-state index in [1.165, 1.54) is 25.0 Å². The van der Waals surface area contributed by atoms with Crippen LogP contribution in [0.2, 0.25) is 0 Å². The molecule has 2 aliphatic rings. The molecule has 1 heterocycles. The molecular formula is C18H21NO4. The quantitative estimate of drug-likeness (QED) is 0.871. The van der Waals surface area contributed by atoms with Gasteiger partial charge in [-0.25, -0.2) is 4.79 Å². The highest BCUT2D eigenvalue weighted by Crippen LogP contribution is 2.35. The molecule has 0 aromatic heterocycles. The maximum atomic E-state index is 12.4. The first kappa shape index (κ1) is 15.7. The number of ether oxygens (including phenoxy) is 1. The Morgan fingerprint density at radius 3 is 2.52 bits per heavy atom. The Hall–Kier alpha value is -2.14. The van der Waals surface area contributed by atoms with Crippen molar-refractivity contribution in [3.05, 3.63) is 41.5 Å². The first-order valence-electron chi connectivity index (χ1n) is 8.02. The molecule has 1 aliphatic carbocycles. The minimum absolute atomic E-state index is 0.0121. The van der Waals surface area contributed by atoms with Gasteiger partial charge in [-0.15, -0.1) is 0 Å². The van der Waals surface area contributed by atoms with Gasteiger partial charge in [0.15, 0.2) is 0 Å². The number of morpholine rings is 1. The Bertz CT molecular complexity index is 614.